The summed E-state index contributed by atoms with van der Waals surface area (Å²) < 4.78 is 10.6. The van der Waals surface area contributed by atoms with Crippen LogP contribution in [0.25, 0.3) is 11.0 Å². The lowest BCUT2D eigenvalue weighted by atomic mass is 10.1. The molecule has 1 unspecified atom stereocenters. The van der Waals surface area contributed by atoms with Gasteiger partial charge in [0.2, 0.25) is 5.91 Å². The molecule has 1 heterocycles. The third-order valence-corrected chi connectivity index (χ3v) is 3.41. The van der Waals surface area contributed by atoms with Gasteiger partial charge < -0.3 is 19.6 Å². The molecule has 0 saturated carbocycles. The van der Waals surface area contributed by atoms with Crippen LogP contribution in [0.5, 0.6) is 5.75 Å². The minimum Gasteiger partial charge on any atom is -0.497 e. The van der Waals surface area contributed by atoms with Crippen LogP contribution in [-0.2, 0) is 16.0 Å². The van der Waals surface area contributed by atoms with Gasteiger partial charge in [0.1, 0.15) is 11.3 Å². The van der Waals surface area contributed by atoms with E-state index in [1.165, 1.54) is 0 Å². The number of carbonyl (C=O) groups is 2. The fraction of sp³-hybridized carbons (Fsp3) is 0.375. The molecule has 0 spiro atoms. The van der Waals surface area contributed by atoms with E-state index in [0.717, 1.165) is 10.9 Å². The summed E-state index contributed by atoms with van der Waals surface area (Å²) in [5, 5.41) is 12.3. The van der Waals surface area contributed by atoms with Crippen LogP contribution < -0.4 is 10.1 Å². The number of amides is 1. The van der Waals surface area contributed by atoms with Crippen molar-refractivity contribution >= 4 is 22.8 Å². The van der Waals surface area contributed by atoms with Gasteiger partial charge in [-0.05, 0) is 25.5 Å². The molecule has 1 amide bonds. The van der Waals surface area contributed by atoms with Crippen LogP contribution in [0.4, 0.5) is 0 Å². The van der Waals surface area contributed by atoms with Crippen molar-refractivity contribution in [3.8, 4) is 5.75 Å². The Bertz CT molecular complexity index is 676. The summed E-state index contributed by atoms with van der Waals surface area (Å²) in [5.74, 6) is -0.326. The molecule has 22 heavy (non-hydrogen) atoms. The van der Waals surface area contributed by atoms with Crippen molar-refractivity contribution in [1.29, 1.82) is 0 Å². The molecule has 2 aromatic rings. The Morgan fingerprint density at radius 2 is 2.18 bits per heavy atom. The Morgan fingerprint density at radius 3 is 2.86 bits per heavy atom. The van der Waals surface area contributed by atoms with Gasteiger partial charge in [0, 0.05) is 29.5 Å². The summed E-state index contributed by atoms with van der Waals surface area (Å²) in [5.41, 5.74) is 1.46. The Morgan fingerprint density at radius 1 is 1.41 bits per heavy atom. The average molecular weight is 305 g/mol. The summed E-state index contributed by atoms with van der Waals surface area (Å²) in [6.45, 7) is 1.79. The van der Waals surface area contributed by atoms with Crippen molar-refractivity contribution in [2.75, 3.05) is 7.11 Å². The van der Waals surface area contributed by atoms with Crippen molar-refractivity contribution in [3.63, 3.8) is 0 Å². The monoisotopic (exact) mass is 305 g/mol. The molecule has 118 valence electrons. The van der Waals surface area contributed by atoms with E-state index in [1.54, 1.807) is 26.4 Å². The number of benzene rings is 1. The molecule has 0 aliphatic heterocycles. The summed E-state index contributed by atoms with van der Waals surface area (Å²) in [6.07, 6.45) is 2.20. The first-order chi connectivity index (χ1) is 10.5. The summed E-state index contributed by atoms with van der Waals surface area (Å²) >= 11 is 0. The molecule has 2 N–H and O–H groups in total. The average Bonchev–Trinajstić information content (AvgIpc) is 2.87. The molecular weight excluding hydrogens is 286 g/mol. The molecule has 0 fully saturated rings. The maximum Gasteiger partial charge on any atom is 0.303 e. The Balaban J connectivity index is 1.98. The minimum atomic E-state index is -0.865. The molecule has 0 aliphatic rings. The highest BCUT2D eigenvalue weighted by Crippen LogP contribution is 2.25. The van der Waals surface area contributed by atoms with E-state index in [2.05, 4.69) is 5.32 Å². The molecule has 1 aromatic heterocycles. The predicted octanol–water partition coefficient (Wildman–Crippen LogP) is 2.35. The molecule has 6 heteroatoms. The number of fused-ring (bicyclic) bond motifs is 1. The first-order valence-electron chi connectivity index (χ1n) is 7.05. The highest BCUT2D eigenvalue weighted by atomic mass is 16.5. The standard InChI is InChI=1S/C16H19NO5/c1-10(3-6-16(19)20)17-15(18)7-11-9-22-14-8-12(21-2)4-5-13(11)14/h4-5,8-10H,3,6-7H2,1-2H3,(H,17,18)(H,19,20). The second kappa shape index (κ2) is 6.98. The number of aliphatic carboxylic acids is 1. The number of ether oxygens (including phenoxy) is 1. The van der Waals surface area contributed by atoms with Crippen molar-refractivity contribution in [2.45, 2.75) is 32.2 Å². The largest absolute Gasteiger partial charge is 0.497 e. The molecule has 1 aromatic carbocycles. The lowest BCUT2D eigenvalue weighted by Gasteiger charge is -2.12. The van der Waals surface area contributed by atoms with E-state index in [0.29, 0.717) is 17.8 Å². The van der Waals surface area contributed by atoms with Gasteiger partial charge in [-0.1, -0.05) is 0 Å². The van der Waals surface area contributed by atoms with Gasteiger partial charge in [-0.15, -0.1) is 0 Å². The lowest BCUT2D eigenvalue weighted by molar-refractivity contribution is -0.137. The highest BCUT2D eigenvalue weighted by molar-refractivity contribution is 5.88. The minimum absolute atomic E-state index is 0.0376. The van der Waals surface area contributed by atoms with Crippen LogP contribution in [0.15, 0.2) is 28.9 Å². The van der Waals surface area contributed by atoms with E-state index in [1.807, 2.05) is 12.1 Å². The summed E-state index contributed by atoms with van der Waals surface area (Å²) in [4.78, 5) is 22.5. The SMILES string of the molecule is COc1ccc2c(CC(=O)NC(C)CCC(=O)O)coc2c1. The number of furan rings is 1. The summed E-state index contributed by atoms with van der Waals surface area (Å²) in [6, 6.07) is 5.26. The number of rotatable bonds is 7. The molecule has 2 rings (SSSR count). The smallest absolute Gasteiger partial charge is 0.303 e. The number of carboxylic acid groups (broad SMARTS) is 1. The number of nitrogens with one attached hydrogen (secondary N) is 1. The van der Waals surface area contributed by atoms with Crippen LogP contribution in [0.2, 0.25) is 0 Å². The quantitative estimate of drug-likeness (QED) is 0.819. The second-order valence-electron chi connectivity index (χ2n) is 5.20. The van der Waals surface area contributed by atoms with Crippen LogP contribution in [-0.4, -0.2) is 30.1 Å². The zero-order valence-corrected chi connectivity index (χ0v) is 12.6. The molecule has 0 radical (unpaired) electrons. The van der Waals surface area contributed by atoms with Gasteiger partial charge in [0.15, 0.2) is 0 Å². The van der Waals surface area contributed by atoms with E-state index in [-0.39, 0.29) is 24.8 Å². The van der Waals surface area contributed by atoms with E-state index in [4.69, 9.17) is 14.3 Å². The molecule has 0 bridgehead atoms. The fourth-order valence-electron chi connectivity index (χ4n) is 2.24. The van der Waals surface area contributed by atoms with E-state index in [9.17, 15) is 9.59 Å². The molecule has 1 atom stereocenters. The third-order valence-electron chi connectivity index (χ3n) is 3.41. The van der Waals surface area contributed by atoms with Crippen molar-refractivity contribution in [1.82, 2.24) is 5.32 Å². The molecule has 0 aliphatic carbocycles. The van der Waals surface area contributed by atoms with Crippen LogP contribution in [0.1, 0.15) is 25.3 Å². The van der Waals surface area contributed by atoms with Gasteiger partial charge in [-0.3, -0.25) is 9.59 Å². The number of methoxy groups -OCH3 is 1. The molecule has 0 saturated heterocycles. The topological polar surface area (TPSA) is 88.8 Å². The lowest BCUT2D eigenvalue weighted by Crippen LogP contribution is -2.34. The Hall–Kier alpha value is -2.50. The fourth-order valence-corrected chi connectivity index (χ4v) is 2.24. The molecule has 6 nitrogen and oxygen atoms in total. The first kappa shape index (κ1) is 15.9. The van der Waals surface area contributed by atoms with Gasteiger partial charge in [-0.25, -0.2) is 0 Å². The maximum atomic E-state index is 12.0. The van der Waals surface area contributed by atoms with Crippen molar-refractivity contribution in [3.05, 3.63) is 30.0 Å². The van der Waals surface area contributed by atoms with Gasteiger partial charge in [0.25, 0.3) is 0 Å². The second-order valence-corrected chi connectivity index (χ2v) is 5.20. The molecular formula is C16H19NO5. The maximum absolute atomic E-state index is 12.0. The van der Waals surface area contributed by atoms with E-state index < -0.39 is 5.97 Å². The Kier molecular flexibility index (Phi) is 5.04. The number of hydrogen-bond acceptors (Lipinski definition) is 4. The Labute approximate surface area is 128 Å². The predicted molar refractivity (Wildman–Crippen MR) is 80.9 cm³/mol. The van der Waals surface area contributed by atoms with Gasteiger partial charge in [0.05, 0.1) is 19.8 Å². The number of hydrogen-bond donors (Lipinski definition) is 2. The van der Waals surface area contributed by atoms with E-state index >= 15 is 0 Å². The van der Waals surface area contributed by atoms with Crippen molar-refractivity contribution in [2.24, 2.45) is 0 Å². The number of carboxylic acids is 1. The summed E-state index contributed by atoms with van der Waals surface area (Å²) in [7, 11) is 1.58. The van der Waals surface area contributed by atoms with Crippen molar-refractivity contribution < 1.29 is 23.8 Å². The highest BCUT2D eigenvalue weighted by Gasteiger charge is 2.13. The van der Waals surface area contributed by atoms with Gasteiger partial charge in [-0.2, -0.15) is 0 Å². The first-order valence-corrected chi connectivity index (χ1v) is 7.05. The number of carbonyl (C=O) groups excluding carboxylic acids is 1. The van der Waals surface area contributed by atoms with Crippen LogP contribution >= 0.6 is 0 Å². The third kappa shape index (κ3) is 4.00. The van der Waals surface area contributed by atoms with Crippen LogP contribution in [0.3, 0.4) is 0 Å². The van der Waals surface area contributed by atoms with Gasteiger partial charge >= 0.3 is 5.97 Å². The zero-order chi connectivity index (χ0) is 16.1. The normalized spacial score (nSPS) is 12.1. The zero-order valence-electron chi connectivity index (χ0n) is 12.6. The van der Waals surface area contributed by atoms with Crippen LogP contribution in [0, 0.1) is 0 Å².